The molecule has 5 N–H and O–H groups in total. The average molecular weight is 759 g/mol. The van der Waals surface area contributed by atoms with Crippen molar-refractivity contribution in [1.29, 1.82) is 0 Å². The number of hydrogen-bond acceptors (Lipinski definition) is 8. The molecule has 7 amide bonds. The third-order valence-electron chi connectivity index (χ3n) is 11.2. The molecule has 0 aromatic carbocycles. The second kappa shape index (κ2) is 17.4. The average Bonchev–Trinajstić information content (AvgIpc) is 3.76. The molecule has 5 atom stereocenters. The molecule has 2 aliphatic carbocycles. The summed E-state index contributed by atoms with van der Waals surface area (Å²) in [6, 6.07) is -4.73. The lowest BCUT2D eigenvalue weighted by molar-refractivity contribution is -0.145. The molecule has 4 unspecified atom stereocenters. The van der Waals surface area contributed by atoms with Crippen molar-refractivity contribution in [2.75, 3.05) is 26.2 Å². The maximum absolute atomic E-state index is 15.0. The number of nitrogens with zero attached hydrogens (tertiary/aromatic N) is 3. The lowest BCUT2D eigenvalue weighted by Gasteiger charge is -2.40. The molecule has 54 heavy (non-hydrogen) atoms. The molecule has 15 heteroatoms. The van der Waals surface area contributed by atoms with Crippen LogP contribution in [0.5, 0.6) is 0 Å². The van der Waals surface area contributed by atoms with E-state index in [4.69, 9.17) is 0 Å². The van der Waals surface area contributed by atoms with E-state index in [0.717, 1.165) is 44.9 Å². The highest BCUT2D eigenvalue weighted by Crippen LogP contribution is 2.41. The molecule has 2 heterocycles. The molecule has 15 nitrogen and oxygen atoms in total. The molecule has 4 aliphatic rings. The molecule has 0 aromatic rings. The number of likely N-dealkylation sites (N-methyl/N-ethyl adjacent to an activating group) is 2. The van der Waals surface area contributed by atoms with Crippen molar-refractivity contribution >= 4 is 41.4 Å². The Morgan fingerprint density at radius 2 is 1.50 bits per heavy atom. The van der Waals surface area contributed by atoms with Crippen molar-refractivity contribution < 1.29 is 33.6 Å². The molecule has 4 rings (SSSR count). The first kappa shape index (κ1) is 43.0. The van der Waals surface area contributed by atoms with Crippen molar-refractivity contribution in [3.05, 3.63) is 0 Å². The Labute approximate surface area is 321 Å². The highest BCUT2D eigenvalue weighted by atomic mass is 16.2. The number of amides is 7. The number of ketones is 1. The lowest BCUT2D eigenvalue weighted by Crippen LogP contribution is -2.63. The standard InChI is InChI=1S/C39H66N8O7/c1-10-16-26(30(49)34(52)40-25-19-20-25)41-32(50)27-21-39(45(11-2)22-28(48)47(39)12-3)23-46(27)35(53)31(37(4,5)6)43-33(51)29(24-17-14-13-15-18-24)42-36(54)44-38(7,8)9/h24-27,29,31H,10-23H2,1-9H3,(H,40,52)(H,41,50)(H,43,51)(H2,42,44,54)/t26?,27-,29?,31?,39?/m0/s1. The van der Waals surface area contributed by atoms with Gasteiger partial charge in [-0.25, -0.2) is 4.79 Å². The molecule has 304 valence electrons. The molecule has 2 saturated heterocycles. The summed E-state index contributed by atoms with van der Waals surface area (Å²) < 4.78 is 0. The topological polar surface area (TPSA) is 189 Å². The number of nitrogens with one attached hydrogen (secondary N) is 5. The van der Waals surface area contributed by atoms with Gasteiger partial charge in [0.2, 0.25) is 29.4 Å². The number of carbonyl (C=O) groups is 7. The van der Waals surface area contributed by atoms with Crippen LogP contribution in [0.2, 0.25) is 0 Å². The van der Waals surface area contributed by atoms with Crippen LogP contribution in [0.15, 0.2) is 0 Å². The van der Waals surface area contributed by atoms with Gasteiger partial charge in [-0.15, -0.1) is 0 Å². The van der Waals surface area contributed by atoms with E-state index in [1.807, 2.05) is 67.2 Å². The molecule has 2 aliphatic heterocycles. The second-order valence-electron chi connectivity index (χ2n) is 17.8. The van der Waals surface area contributed by atoms with Gasteiger partial charge in [-0.2, -0.15) is 0 Å². The molecule has 0 bridgehead atoms. The van der Waals surface area contributed by atoms with Crippen LogP contribution in [-0.2, 0) is 28.8 Å². The van der Waals surface area contributed by atoms with Gasteiger partial charge in [0.05, 0.1) is 19.1 Å². The Bertz CT molecular complexity index is 1430. The number of urea groups is 1. The van der Waals surface area contributed by atoms with Crippen LogP contribution in [0.3, 0.4) is 0 Å². The monoisotopic (exact) mass is 759 g/mol. The Hall–Kier alpha value is -3.75. The van der Waals surface area contributed by atoms with Crippen molar-refractivity contribution in [2.45, 2.75) is 168 Å². The summed E-state index contributed by atoms with van der Waals surface area (Å²) in [6.45, 7) is 17.7. The van der Waals surface area contributed by atoms with Crippen LogP contribution in [0.25, 0.3) is 0 Å². The summed E-state index contributed by atoms with van der Waals surface area (Å²) in [5, 5.41) is 14.3. The first-order chi connectivity index (χ1) is 25.3. The highest BCUT2D eigenvalue weighted by Gasteiger charge is 2.60. The summed E-state index contributed by atoms with van der Waals surface area (Å²) in [6.07, 6.45) is 6.85. The van der Waals surface area contributed by atoms with Crippen LogP contribution in [0.1, 0.15) is 127 Å². The quantitative estimate of drug-likeness (QED) is 0.167. The highest BCUT2D eigenvalue weighted by molar-refractivity contribution is 6.38. The smallest absolute Gasteiger partial charge is 0.315 e. The van der Waals surface area contributed by atoms with E-state index in [9.17, 15) is 28.8 Å². The predicted octanol–water partition coefficient (Wildman–Crippen LogP) is 2.18. The number of likely N-dealkylation sites (tertiary alicyclic amines) is 1. The summed E-state index contributed by atoms with van der Waals surface area (Å²) in [5.41, 5.74) is -2.36. The summed E-state index contributed by atoms with van der Waals surface area (Å²) >= 11 is 0. The van der Waals surface area contributed by atoms with Gasteiger partial charge in [0.25, 0.3) is 5.91 Å². The minimum atomic E-state index is -1.12. The summed E-state index contributed by atoms with van der Waals surface area (Å²) in [4.78, 5) is 101. The maximum Gasteiger partial charge on any atom is 0.315 e. The first-order valence-electron chi connectivity index (χ1n) is 20.2. The fraction of sp³-hybridized carbons (Fsp3) is 0.821. The third kappa shape index (κ3) is 10.1. The third-order valence-corrected chi connectivity index (χ3v) is 11.2. The second-order valence-corrected chi connectivity index (χ2v) is 17.8. The minimum absolute atomic E-state index is 0.00659. The van der Waals surface area contributed by atoms with Crippen LogP contribution >= 0.6 is 0 Å². The van der Waals surface area contributed by atoms with Crippen LogP contribution in [0.4, 0.5) is 4.79 Å². The Balaban J connectivity index is 1.68. The molecule has 2 saturated carbocycles. The molecule has 1 spiro atoms. The Morgan fingerprint density at radius 1 is 0.852 bits per heavy atom. The van der Waals surface area contributed by atoms with E-state index in [1.165, 1.54) is 4.90 Å². The van der Waals surface area contributed by atoms with E-state index >= 15 is 4.79 Å². The van der Waals surface area contributed by atoms with Crippen LogP contribution in [0, 0.1) is 11.3 Å². The van der Waals surface area contributed by atoms with Gasteiger partial charge >= 0.3 is 6.03 Å². The van der Waals surface area contributed by atoms with E-state index in [-0.39, 0.29) is 43.8 Å². The fourth-order valence-electron chi connectivity index (χ4n) is 8.33. The van der Waals surface area contributed by atoms with E-state index in [1.54, 1.807) is 4.90 Å². The van der Waals surface area contributed by atoms with Crippen LogP contribution in [-0.4, -0.2) is 124 Å². The van der Waals surface area contributed by atoms with Gasteiger partial charge in [-0.05, 0) is 77.7 Å². The van der Waals surface area contributed by atoms with Gasteiger partial charge in [-0.1, -0.05) is 60.3 Å². The number of rotatable bonds is 14. The van der Waals surface area contributed by atoms with Gasteiger partial charge in [0, 0.05) is 24.5 Å². The van der Waals surface area contributed by atoms with Gasteiger partial charge < -0.3 is 36.4 Å². The number of carbonyl (C=O) groups excluding carboxylic acids is 7. The Morgan fingerprint density at radius 3 is 2.04 bits per heavy atom. The van der Waals surface area contributed by atoms with Crippen molar-refractivity contribution in [1.82, 2.24) is 41.3 Å². The van der Waals surface area contributed by atoms with Crippen LogP contribution < -0.4 is 26.6 Å². The Kier molecular flexibility index (Phi) is 13.8. The predicted molar refractivity (Wildman–Crippen MR) is 204 cm³/mol. The maximum atomic E-state index is 15.0. The number of hydrogen-bond donors (Lipinski definition) is 5. The van der Waals surface area contributed by atoms with Crippen molar-refractivity contribution in [2.24, 2.45) is 11.3 Å². The summed E-state index contributed by atoms with van der Waals surface area (Å²) in [7, 11) is 0. The van der Waals surface area contributed by atoms with E-state index in [0.29, 0.717) is 19.5 Å². The molecular weight excluding hydrogens is 692 g/mol. The lowest BCUT2D eigenvalue weighted by atomic mass is 9.82. The van der Waals surface area contributed by atoms with Crippen molar-refractivity contribution in [3.8, 4) is 0 Å². The zero-order chi connectivity index (χ0) is 40.2. The normalized spacial score (nSPS) is 24.2. The molecule has 0 aromatic heterocycles. The molecule has 0 radical (unpaired) electrons. The van der Waals surface area contributed by atoms with E-state index in [2.05, 4.69) is 26.6 Å². The van der Waals surface area contributed by atoms with Crippen molar-refractivity contribution in [3.63, 3.8) is 0 Å². The molecule has 4 fully saturated rings. The largest absolute Gasteiger partial charge is 0.347 e. The van der Waals surface area contributed by atoms with E-state index < -0.39 is 76.2 Å². The molecular formula is C39H66N8O7. The van der Waals surface area contributed by atoms with Gasteiger partial charge in [-0.3, -0.25) is 33.7 Å². The SMILES string of the molecule is CCCC(NC(=O)[C@@H]1CC2(CN1C(=O)C(NC(=O)C(NC(=O)NC(C)(C)C)C1CCCCC1)C(C)(C)C)N(CC)CC(=O)N2CC)C(=O)C(=O)NC1CC1. The minimum Gasteiger partial charge on any atom is -0.347 e. The first-order valence-corrected chi connectivity index (χ1v) is 20.2. The van der Waals surface area contributed by atoms with Gasteiger partial charge in [0.1, 0.15) is 23.8 Å². The number of Topliss-reactive ketones (excluding diaryl/α,β-unsaturated/α-hetero) is 1. The summed E-state index contributed by atoms with van der Waals surface area (Å²) in [5.74, 6) is -3.30. The zero-order valence-corrected chi connectivity index (χ0v) is 34.1. The fourth-order valence-corrected chi connectivity index (χ4v) is 8.33. The zero-order valence-electron chi connectivity index (χ0n) is 34.1. The van der Waals surface area contributed by atoms with Gasteiger partial charge in [0.15, 0.2) is 0 Å².